The lowest BCUT2D eigenvalue weighted by Crippen LogP contribution is -2.26. The minimum atomic E-state index is -0.344. The van der Waals surface area contributed by atoms with Gasteiger partial charge in [-0.05, 0) is 20.8 Å². The molecule has 0 aliphatic rings. The van der Waals surface area contributed by atoms with Gasteiger partial charge in [0.1, 0.15) is 6.54 Å². The van der Waals surface area contributed by atoms with Crippen LogP contribution >= 0.6 is 0 Å². The molecule has 0 saturated carbocycles. The molecule has 0 aliphatic heterocycles. The van der Waals surface area contributed by atoms with Gasteiger partial charge in [0.25, 0.3) is 0 Å². The first-order valence-electron chi connectivity index (χ1n) is 6.72. The zero-order chi connectivity index (χ0) is 15.0. The highest BCUT2D eigenvalue weighted by Gasteiger charge is 2.11. The van der Waals surface area contributed by atoms with Crippen LogP contribution in [0.15, 0.2) is 0 Å². The number of carbonyl (C=O) groups is 1. The summed E-state index contributed by atoms with van der Waals surface area (Å²) in [5.41, 5.74) is 0. The minimum absolute atomic E-state index is 0.0265. The molecule has 112 valence electrons. The van der Waals surface area contributed by atoms with E-state index in [0.29, 0.717) is 24.5 Å². The monoisotopic (exact) mass is 282 g/mol. The predicted octanol–water partition coefficient (Wildman–Crippen LogP) is 0.734. The predicted molar refractivity (Wildman–Crippen MR) is 78.1 cm³/mol. The van der Waals surface area contributed by atoms with Crippen LogP contribution in [0.3, 0.4) is 0 Å². The van der Waals surface area contributed by atoms with Gasteiger partial charge in [0, 0.05) is 20.1 Å². The zero-order valence-electron chi connectivity index (χ0n) is 12.4. The largest absolute Gasteiger partial charge is 0.465 e. The van der Waals surface area contributed by atoms with Crippen molar-refractivity contribution in [3.63, 3.8) is 0 Å². The summed E-state index contributed by atoms with van der Waals surface area (Å²) < 4.78 is 4.84. The van der Waals surface area contributed by atoms with Crippen molar-refractivity contribution in [3.05, 3.63) is 0 Å². The molecule has 0 aliphatic carbocycles. The first-order chi connectivity index (χ1) is 9.64. The van der Waals surface area contributed by atoms with Crippen LogP contribution in [-0.2, 0) is 9.53 Å². The number of nitrogens with one attached hydrogen (secondary N) is 2. The fraction of sp³-hybridized carbons (Fsp3) is 0.667. The zero-order valence-corrected chi connectivity index (χ0v) is 12.4. The third-order valence-corrected chi connectivity index (χ3v) is 2.59. The van der Waals surface area contributed by atoms with E-state index in [1.54, 1.807) is 14.0 Å². The molecule has 0 amide bonds. The highest BCUT2D eigenvalue weighted by Crippen LogP contribution is 2.12. The molecule has 8 nitrogen and oxygen atoms in total. The second kappa shape index (κ2) is 8.13. The number of hydrogen-bond donors (Lipinski definition) is 2. The molecule has 8 heteroatoms. The van der Waals surface area contributed by atoms with Crippen molar-refractivity contribution in [2.75, 3.05) is 48.8 Å². The lowest BCUT2D eigenvalue weighted by Gasteiger charge is -2.19. The fourth-order valence-corrected chi connectivity index (χ4v) is 1.57. The summed E-state index contributed by atoms with van der Waals surface area (Å²) in [5, 5.41) is 5.72. The van der Waals surface area contributed by atoms with Crippen LogP contribution in [0.5, 0.6) is 0 Å². The fourth-order valence-electron chi connectivity index (χ4n) is 1.57. The molecular weight excluding hydrogens is 260 g/mol. The van der Waals surface area contributed by atoms with Crippen molar-refractivity contribution >= 4 is 23.8 Å². The Labute approximate surface area is 119 Å². The van der Waals surface area contributed by atoms with Crippen molar-refractivity contribution in [1.29, 1.82) is 0 Å². The summed E-state index contributed by atoms with van der Waals surface area (Å²) >= 11 is 0. The highest BCUT2D eigenvalue weighted by molar-refractivity contribution is 5.74. The van der Waals surface area contributed by atoms with E-state index in [0.717, 1.165) is 13.1 Å². The third kappa shape index (κ3) is 4.52. The molecule has 20 heavy (non-hydrogen) atoms. The summed E-state index contributed by atoms with van der Waals surface area (Å²) in [6, 6.07) is 0. The number of ether oxygens (including phenoxy) is 1. The normalized spacial score (nSPS) is 10.0. The Morgan fingerprint density at radius 2 is 1.80 bits per heavy atom. The number of nitrogens with zero attached hydrogens (tertiary/aromatic N) is 4. The SMILES string of the molecule is CCOC(=O)CNc1nc(NC)nc(N(CC)CC)n1. The molecule has 0 atom stereocenters. The number of esters is 1. The summed E-state index contributed by atoms with van der Waals surface area (Å²) in [6.07, 6.45) is 0. The van der Waals surface area contributed by atoms with Crippen molar-refractivity contribution in [2.45, 2.75) is 20.8 Å². The Bertz CT molecular complexity index is 436. The molecule has 2 N–H and O–H groups in total. The average molecular weight is 282 g/mol. The molecular formula is C12H22N6O2. The number of carbonyl (C=O) groups excluding carboxylic acids is 1. The number of aromatic nitrogens is 3. The van der Waals surface area contributed by atoms with Crippen LogP contribution in [0.4, 0.5) is 17.8 Å². The maximum Gasteiger partial charge on any atom is 0.325 e. The molecule has 1 rings (SSSR count). The maximum atomic E-state index is 11.3. The van der Waals surface area contributed by atoms with Crippen LogP contribution in [0.2, 0.25) is 0 Å². The Hall–Kier alpha value is -2.12. The molecule has 1 aromatic rings. The Balaban J connectivity index is 2.84. The van der Waals surface area contributed by atoms with Gasteiger partial charge in [-0.1, -0.05) is 0 Å². The highest BCUT2D eigenvalue weighted by atomic mass is 16.5. The lowest BCUT2D eigenvalue weighted by atomic mass is 10.5. The second-order valence-corrected chi connectivity index (χ2v) is 3.86. The summed E-state index contributed by atoms with van der Waals surface area (Å²) in [5.74, 6) is 1.02. The first-order valence-corrected chi connectivity index (χ1v) is 6.72. The molecule has 0 bridgehead atoms. The van der Waals surface area contributed by atoms with E-state index in [-0.39, 0.29) is 12.5 Å². The summed E-state index contributed by atoms with van der Waals surface area (Å²) in [4.78, 5) is 26.1. The molecule has 0 fully saturated rings. The number of rotatable bonds is 8. The van der Waals surface area contributed by atoms with Crippen LogP contribution in [0, 0.1) is 0 Å². The van der Waals surface area contributed by atoms with Gasteiger partial charge in [-0.2, -0.15) is 15.0 Å². The molecule has 0 unspecified atom stereocenters. The van der Waals surface area contributed by atoms with Crippen molar-refractivity contribution < 1.29 is 9.53 Å². The van der Waals surface area contributed by atoms with E-state index in [9.17, 15) is 4.79 Å². The topological polar surface area (TPSA) is 92.3 Å². The van der Waals surface area contributed by atoms with Gasteiger partial charge < -0.3 is 20.3 Å². The van der Waals surface area contributed by atoms with Crippen molar-refractivity contribution in [1.82, 2.24) is 15.0 Å². The standard InChI is InChI=1S/C12H22N6O2/c1-5-18(6-2)12-16-10(13-4)15-11(17-12)14-8-9(19)20-7-3/h5-8H2,1-4H3,(H2,13,14,15,16,17). The Kier molecular flexibility index (Phi) is 6.48. The van der Waals surface area contributed by atoms with Gasteiger partial charge >= 0.3 is 5.97 Å². The van der Waals surface area contributed by atoms with E-state index in [1.807, 2.05) is 18.7 Å². The first kappa shape index (κ1) is 15.9. The molecule has 0 saturated heterocycles. The third-order valence-electron chi connectivity index (χ3n) is 2.59. The van der Waals surface area contributed by atoms with Crippen LogP contribution in [0.25, 0.3) is 0 Å². The summed E-state index contributed by atoms with van der Waals surface area (Å²) in [6.45, 7) is 7.78. The molecule has 1 aromatic heterocycles. The van der Waals surface area contributed by atoms with E-state index < -0.39 is 0 Å². The van der Waals surface area contributed by atoms with Gasteiger partial charge in [0.2, 0.25) is 17.8 Å². The van der Waals surface area contributed by atoms with Gasteiger partial charge in [-0.25, -0.2) is 0 Å². The molecule has 1 heterocycles. The minimum Gasteiger partial charge on any atom is -0.465 e. The average Bonchev–Trinajstić information content (AvgIpc) is 2.46. The number of hydrogen-bond acceptors (Lipinski definition) is 8. The Morgan fingerprint density at radius 3 is 2.35 bits per heavy atom. The van der Waals surface area contributed by atoms with Gasteiger partial charge in [-0.3, -0.25) is 4.79 Å². The quantitative estimate of drug-likeness (QED) is 0.674. The van der Waals surface area contributed by atoms with E-state index in [2.05, 4.69) is 25.6 Å². The van der Waals surface area contributed by atoms with Crippen LogP contribution in [-0.4, -0.2) is 54.2 Å². The Morgan fingerprint density at radius 1 is 1.15 bits per heavy atom. The smallest absolute Gasteiger partial charge is 0.325 e. The molecule has 0 spiro atoms. The number of anilines is 3. The van der Waals surface area contributed by atoms with Gasteiger partial charge in [0.05, 0.1) is 6.61 Å². The van der Waals surface area contributed by atoms with Crippen molar-refractivity contribution in [3.8, 4) is 0 Å². The second-order valence-electron chi connectivity index (χ2n) is 3.86. The van der Waals surface area contributed by atoms with Crippen molar-refractivity contribution in [2.24, 2.45) is 0 Å². The van der Waals surface area contributed by atoms with E-state index in [1.165, 1.54) is 0 Å². The van der Waals surface area contributed by atoms with Gasteiger partial charge in [0.15, 0.2) is 0 Å². The van der Waals surface area contributed by atoms with E-state index >= 15 is 0 Å². The van der Waals surface area contributed by atoms with Gasteiger partial charge in [-0.15, -0.1) is 0 Å². The van der Waals surface area contributed by atoms with Crippen LogP contribution < -0.4 is 15.5 Å². The summed E-state index contributed by atoms with van der Waals surface area (Å²) in [7, 11) is 1.73. The van der Waals surface area contributed by atoms with E-state index in [4.69, 9.17) is 4.74 Å². The maximum absolute atomic E-state index is 11.3. The molecule has 0 radical (unpaired) electrons. The molecule has 0 aromatic carbocycles. The van der Waals surface area contributed by atoms with Crippen LogP contribution in [0.1, 0.15) is 20.8 Å². The lowest BCUT2D eigenvalue weighted by molar-refractivity contribution is -0.140.